The number of allylic oxidation sites excluding steroid dienone is 20. The SMILES string of the molecule is CC/C=C\C/C=C\C/C=C\C/C=C\C/C=C\C/C=C\C/C=C\C/C=C\C/C=C\CCCCCC(=O)OCC(COC(=O)CCCCCCCC)OC(=O)CCCCCCC/C=C\CCCCC. The van der Waals surface area contributed by atoms with Crippen molar-refractivity contribution in [2.45, 2.75) is 232 Å². The molecular weight excluding hydrogens is 829 g/mol. The van der Waals surface area contributed by atoms with Gasteiger partial charge in [0.2, 0.25) is 0 Å². The van der Waals surface area contributed by atoms with E-state index in [1.165, 1.54) is 51.4 Å². The van der Waals surface area contributed by atoms with Gasteiger partial charge < -0.3 is 14.2 Å². The van der Waals surface area contributed by atoms with E-state index in [9.17, 15) is 14.4 Å². The molecule has 0 rings (SSSR count). The van der Waals surface area contributed by atoms with Gasteiger partial charge in [0.25, 0.3) is 0 Å². The fourth-order valence-corrected chi connectivity index (χ4v) is 6.90. The van der Waals surface area contributed by atoms with Crippen LogP contribution in [0.15, 0.2) is 122 Å². The molecule has 0 heterocycles. The fraction of sp³-hybridized carbons (Fsp3) is 0.623. The van der Waals surface area contributed by atoms with Crippen LogP contribution in [-0.4, -0.2) is 37.2 Å². The summed E-state index contributed by atoms with van der Waals surface area (Å²) >= 11 is 0. The number of unbranched alkanes of at least 4 members (excludes halogenated alkanes) is 16. The molecule has 0 aliphatic carbocycles. The maximum absolute atomic E-state index is 12.7. The number of ether oxygens (including phenoxy) is 3. The predicted octanol–water partition coefficient (Wildman–Crippen LogP) is 18.1. The molecule has 0 amide bonds. The Bertz CT molecular complexity index is 1440. The van der Waals surface area contributed by atoms with Crippen LogP contribution >= 0.6 is 0 Å². The van der Waals surface area contributed by atoms with Crippen LogP contribution in [0.3, 0.4) is 0 Å². The largest absolute Gasteiger partial charge is 0.462 e. The van der Waals surface area contributed by atoms with Gasteiger partial charge in [-0.05, 0) is 116 Å². The Morgan fingerprint density at radius 3 is 0.970 bits per heavy atom. The van der Waals surface area contributed by atoms with Crippen LogP contribution in [0.2, 0.25) is 0 Å². The molecule has 6 heteroatoms. The van der Waals surface area contributed by atoms with Crippen molar-refractivity contribution in [2.75, 3.05) is 13.2 Å². The Balaban J connectivity index is 4.21. The molecule has 1 unspecified atom stereocenters. The standard InChI is InChI=1S/C61H98O6/c1-4-7-10-13-16-18-20-22-23-24-25-26-27-28-29-30-31-32-33-34-35-36-37-38-39-40-42-43-45-48-51-54-60(63)66-57-58(56-65-59(62)53-50-47-15-12-9-6-3)67-61(64)55-52-49-46-44-41-21-19-17-14-11-8-5-2/h7,10,16-19,22-23,25-26,28-29,31-32,34-35,37-38,40,42,58H,4-6,8-9,11-15,20-21,24,27,30,33,36,39,41,43-57H2,1-3H3/b10-7-,18-16-,19-17-,23-22-,26-25-,29-28-,32-31-,35-34-,38-37-,42-40-. The summed E-state index contributed by atoms with van der Waals surface area (Å²) in [5, 5.41) is 0. The third-order valence-electron chi connectivity index (χ3n) is 11.0. The number of hydrogen-bond donors (Lipinski definition) is 0. The van der Waals surface area contributed by atoms with Crippen LogP contribution in [0.5, 0.6) is 0 Å². The first kappa shape index (κ1) is 62.8. The highest BCUT2D eigenvalue weighted by Gasteiger charge is 2.19. The molecule has 6 nitrogen and oxygen atoms in total. The monoisotopic (exact) mass is 927 g/mol. The first-order valence-electron chi connectivity index (χ1n) is 27.0. The molecule has 0 spiro atoms. The van der Waals surface area contributed by atoms with Gasteiger partial charge in [-0.1, -0.05) is 213 Å². The van der Waals surface area contributed by atoms with Crippen molar-refractivity contribution >= 4 is 17.9 Å². The third-order valence-corrected chi connectivity index (χ3v) is 11.0. The van der Waals surface area contributed by atoms with Crippen LogP contribution in [0.4, 0.5) is 0 Å². The minimum absolute atomic E-state index is 0.0943. The lowest BCUT2D eigenvalue weighted by Crippen LogP contribution is -2.30. The van der Waals surface area contributed by atoms with Gasteiger partial charge in [-0.2, -0.15) is 0 Å². The fourth-order valence-electron chi connectivity index (χ4n) is 6.90. The van der Waals surface area contributed by atoms with Crippen molar-refractivity contribution < 1.29 is 28.6 Å². The Morgan fingerprint density at radius 2 is 0.582 bits per heavy atom. The van der Waals surface area contributed by atoms with Crippen LogP contribution in [0, 0.1) is 0 Å². The average Bonchev–Trinajstić information content (AvgIpc) is 3.33. The summed E-state index contributed by atoms with van der Waals surface area (Å²) in [5.74, 6) is -0.956. The number of carbonyl (C=O) groups is 3. The third kappa shape index (κ3) is 52.6. The minimum Gasteiger partial charge on any atom is -0.462 e. The zero-order chi connectivity index (χ0) is 48.6. The van der Waals surface area contributed by atoms with E-state index in [0.29, 0.717) is 19.3 Å². The van der Waals surface area contributed by atoms with Crippen LogP contribution in [0.25, 0.3) is 0 Å². The van der Waals surface area contributed by atoms with Gasteiger partial charge in [-0.3, -0.25) is 14.4 Å². The lowest BCUT2D eigenvalue weighted by molar-refractivity contribution is -0.167. The van der Waals surface area contributed by atoms with Crippen molar-refractivity contribution in [1.82, 2.24) is 0 Å². The van der Waals surface area contributed by atoms with Crippen LogP contribution in [0.1, 0.15) is 226 Å². The molecule has 0 aromatic rings. The molecule has 0 aliphatic rings. The molecule has 378 valence electrons. The first-order valence-corrected chi connectivity index (χ1v) is 27.0. The zero-order valence-electron chi connectivity index (χ0n) is 43.1. The van der Waals surface area contributed by atoms with Gasteiger partial charge >= 0.3 is 17.9 Å². The maximum atomic E-state index is 12.7. The van der Waals surface area contributed by atoms with Crippen LogP contribution < -0.4 is 0 Å². The summed E-state index contributed by atoms with van der Waals surface area (Å²) in [4.78, 5) is 37.7. The molecular formula is C61H98O6. The lowest BCUT2D eigenvalue weighted by atomic mass is 10.1. The van der Waals surface area contributed by atoms with Crippen LogP contribution in [-0.2, 0) is 28.6 Å². The van der Waals surface area contributed by atoms with E-state index in [1.807, 2.05) is 0 Å². The highest BCUT2D eigenvalue weighted by molar-refractivity contribution is 5.71. The first-order chi connectivity index (χ1) is 33.0. The Kier molecular flexibility index (Phi) is 51.0. The van der Waals surface area contributed by atoms with E-state index in [0.717, 1.165) is 135 Å². The normalized spacial score (nSPS) is 13.1. The summed E-state index contributed by atoms with van der Waals surface area (Å²) in [5.41, 5.74) is 0. The highest BCUT2D eigenvalue weighted by atomic mass is 16.6. The van der Waals surface area contributed by atoms with E-state index in [-0.39, 0.29) is 31.1 Å². The van der Waals surface area contributed by atoms with Gasteiger partial charge in [0.15, 0.2) is 6.10 Å². The Labute approximate surface area is 412 Å². The van der Waals surface area contributed by atoms with Gasteiger partial charge in [-0.25, -0.2) is 0 Å². The minimum atomic E-state index is -0.794. The molecule has 0 aliphatic heterocycles. The topological polar surface area (TPSA) is 78.9 Å². The number of carbonyl (C=O) groups excluding carboxylic acids is 3. The maximum Gasteiger partial charge on any atom is 0.306 e. The smallest absolute Gasteiger partial charge is 0.306 e. The molecule has 0 saturated heterocycles. The second kappa shape index (κ2) is 54.4. The molecule has 1 atom stereocenters. The predicted molar refractivity (Wildman–Crippen MR) is 288 cm³/mol. The van der Waals surface area contributed by atoms with Crippen molar-refractivity contribution in [1.29, 1.82) is 0 Å². The van der Waals surface area contributed by atoms with E-state index in [2.05, 4.69) is 142 Å². The number of rotatable bonds is 47. The van der Waals surface area contributed by atoms with Gasteiger partial charge in [0.05, 0.1) is 0 Å². The van der Waals surface area contributed by atoms with Gasteiger partial charge in [0, 0.05) is 19.3 Å². The van der Waals surface area contributed by atoms with Crippen molar-refractivity contribution in [3.8, 4) is 0 Å². The quantitative estimate of drug-likeness (QED) is 0.0262. The van der Waals surface area contributed by atoms with Crippen molar-refractivity contribution in [3.63, 3.8) is 0 Å². The van der Waals surface area contributed by atoms with E-state index in [1.54, 1.807) is 0 Å². The molecule has 0 saturated carbocycles. The van der Waals surface area contributed by atoms with Crippen molar-refractivity contribution in [2.24, 2.45) is 0 Å². The Morgan fingerprint density at radius 1 is 0.313 bits per heavy atom. The highest BCUT2D eigenvalue weighted by Crippen LogP contribution is 2.12. The van der Waals surface area contributed by atoms with Gasteiger partial charge in [-0.15, -0.1) is 0 Å². The lowest BCUT2D eigenvalue weighted by Gasteiger charge is -2.18. The van der Waals surface area contributed by atoms with Gasteiger partial charge in [0.1, 0.15) is 13.2 Å². The molecule has 0 fully saturated rings. The zero-order valence-corrected chi connectivity index (χ0v) is 43.1. The molecule has 0 N–H and O–H groups in total. The average molecular weight is 927 g/mol. The van der Waals surface area contributed by atoms with E-state index in [4.69, 9.17) is 14.2 Å². The van der Waals surface area contributed by atoms with Crippen molar-refractivity contribution in [3.05, 3.63) is 122 Å². The van der Waals surface area contributed by atoms with E-state index < -0.39 is 6.10 Å². The Hall–Kier alpha value is -4.19. The molecule has 0 aromatic heterocycles. The molecule has 0 aromatic carbocycles. The summed E-state index contributed by atoms with van der Waals surface area (Å²) in [6.45, 7) is 6.38. The molecule has 0 radical (unpaired) electrons. The molecule has 0 bridgehead atoms. The summed E-state index contributed by atoms with van der Waals surface area (Å²) in [7, 11) is 0. The number of hydrogen-bond acceptors (Lipinski definition) is 6. The summed E-state index contributed by atoms with van der Waals surface area (Å²) in [6.07, 6.45) is 75.1. The summed E-state index contributed by atoms with van der Waals surface area (Å²) < 4.78 is 16.6. The summed E-state index contributed by atoms with van der Waals surface area (Å²) in [6, 6.07) is 0. The molecule has 67 heavy (non-hydrogen) atoms. The van der Waals surface area contributed by atoms with E-state index >= 15 is 0 Å². The second-order valence-corrected chi connectivity index (χ2v) is 17.4. The second-order valence-electron chi connectivity index (χ2n) is 17.4. The number of esters is 3.